The highest BCUT2D eigenvalue weighted by Gasteiger charge is 2.03. The fraction of sp³-hybridized carbons (Fsp3) is 0.250. The van der Waals surface area contributed by atoms with Crippen LogP contribution in [0.1, 0.15) is 11.3 Å². The molecule has 16 heavy (non-hydrogen) atoms. The first-order valence-electron chi connectivity index (χ1n) is 5.14. The minimum atomic E-state index is -0.194. The van der Waals surface area contributed by atoms with Crippen LogP contribution in [0.25, 0.3) is 0 Å². The third kappa shape index (κ3) is 2.21. The summed E-state index contributed by atoms with van der Waals surface area (Å²) < 4.78 is 15.2. The summed E-state index contributed by atoms with van der Waals surface area (Å²) in [5.41, 5.74) is 1.58. The minimum Gasteiger partial charge on any atom is -0.351 e. The number of hydrogen-bond donors (Lipinski definition) is 1. The maximum Gasteiger partial charge on any atom is 0.203 e. The lowest BCUT2D eigenvalue weighted by atomic mass is 10.2. The van der Waals surface area contributed by atoms with Gasteiger partial charge in [-0.3, -0.25) is 0 Å². The van der Waals surface area contributed by atoms with Gasteiger partial charge in [-0.25, -0.2) is 9.37 Å². The Labute approximate surface area is 93.9 Å². The highest BCUT2D eigenvalue weighted by Crippen LogP contribution is 2.10. The van der Waals surface area contributed by atoms with E-state index in [0.29, 0.717) is 12.1 Å². The van der Waals surface area contributed by atoms with Crippen molar-refractivity contribution in [2.75, 3.05) is 5.32 Å². The zero-order chi connectivity index (χ0) is 11.5. The molecule has 2 rings (SSSR count). The molecule has 0 spiro atoms. The van der Waals surface area contributed by atoms with Crippen LogP contribution in [0.5, 0.6) is 0 Å². The van der Waals surface area contributed by atoms with Gasteiger partial charge < -0.3 is 9.88 Å². The third-order valence-electron chi connectivity index (χ3n) is 2.39. The summed E-state index contributed by atoms with van der Waals surface area (Å²) in [7, 11) is 1.91. The molecular weight excluding hydrogens is 205 g/mol. The molecule has 0 unspecified atom stereocenters. The number of halogens is 1. The number of benzene rings is 1. The Hall–Kier alpha value is -1.84. The van der Waals surface area contributed by atoms with E-state index in [9.17, 15) is 4.39 Å². The van der Waals surface area contributed by atoms with Crippen LogP contribution in [0.2, 0.25) is 0 Å². The molecule has 0 aliphatic carbocycles. The SMILES string of the molecule is Cc1cn(C)c(NCc2ccccc2F)n1. The van der Waals surface area contributed by atoms with E-state index in [0.717, 1.165) is 11.6 Å². The highest BCUT2D eigenvalue weighted by atomic mass is 19.1. The summed E-state index contributed by atoms with van der Waals surface area (Å²) in [6.45, 7) is 2.37. The van der Waals surface area contributed by atoms with Crippen LogP contribution < -0.4 is 5.32 Å². The van der Waals surface area contributed by atoms with Crippen molar-refractivity contribution in [3.63, 3.8) is 0 Å². The molecule has 0 radical (unpaired) electrons. The van der Waals surface area contributed by atoms with Crippen molar-refractivity contribution >= 4 is 5.95 Å². The summed E-state index contributed by atoms with van der Waals surface area (Å²) in [6, 6.07) is 6.73. The first-order chi connectivity index (χ1) is 7.66. The van der Waals surface area contributed by atoms with Crippen molar-refractivity contribution in [3.05, 3.63) is 47.5 Å². The van der Waals surface area contributed by atoms with Crippen LogP contribution in [-0.4, -0.2) is 9.55 Å². The first kappa shape index (κ1) is 10.7. The van der Waals surface area contributed by atoms with E-state index in [4.69, 9.17) is 0 Å². The Balaban J connectivity index is 2.08. The molecule has 0 bridgehead atoms. The molecule has 84 valence electrons. The Morgan fingerprint density at radius 1 is 1.38 bits per heavy atom. The quantitative estimate of drug-likeness (QED) is 0.859. The van der Waals surface area contributed by atoms with Crippen molar-refractivity contribution in [2.24, 2.45) is 7.05 Å². The zero-order valence-electron chi connectivity index (χ0n) is 9.37. The largest absolute Gasteiger partial charge is 0.351 e. The van der Waals surface area contributed by atoms with Gasteiger partial charge in [0.1, 0.15) is 5.82 Å². The van der Waals surface area contributed by atoms with E-state index in [1.54, 1.807) is 12.1 Å². The number of imidazole rings is 1. The van der Waals surface area contributed by atoms with Gasteiger partial charge in [-0.1, -0.05) is 18.2 Å². The maximum atomic E-state index is 13.3. The maximum absolute atomic E-state index is 13.3. The number of nitrogens with zero attached hydrogens (tertiary/aromatic N) is 2. The molecule has 1 heterocycles. The number of hydrogen-bond acceptors (Lipinski definition) is 2. The van der Waals surface area contributed by atoms with Crippen molar-refractivity contribution in [3.8, 4) is 0 Å². The van der Waals surface area contributed by atoms with E-state index in [1.165, 1.54) is 6.07 Å². The van der Waals surface area contributed by atoms with E-state index in [1.807, 2.05) is 30.8 Å². The summed E-state index contributed by atoms with van der Waals surface area (Å²) in [5, 5.41) is 3.10. The van der Waals surface area contributed by atoms with Crippen LogP contribution in [-0.2, 0) is 13.6 Å². The molecule has 1 N–H and O–H groups in total. The molecule has 0 atom stereocenters. The van der Waals surface area contributed by atoms with Crippen LogP contribution in [0.3, 0.4) is 0 Å². The van der Waals surface area contributed by atoms with Gasteiger partial charge in [-0.15, -0.1) is 0 Å². The number of anilines is 1. The second kappa shape index (κ2) is 4.35. The van der Waals surface area contributed by atoms with Crippen molar-refractivity contribution in [1.29, 1.82) is 0 Å². The summed E-state index contributed by atoms with van der Waals surface area (Å²) in [4.78, 5) is 4.28. The molecule has 0 aliphatic rings. The van der Waals surface area contributed by atoms with E-state index in [2.05, 4.69) is 10.3 Å². The summed E-state index contributed by atoms with van der Waals surface area (Å²) in [5.74, 6) is 0.557. The summed E-state index contributed by atoms with van der Waals surface area (Å²) >= 11 is 0. The second-order valence-electron chi connectivity index (χ2n) is 3.76. The number of nitrogens with one attached hydrogen (secondary N) is 1. The molecule has 3 nitrogen and oxygen atoms in total. The lowest BCUT2D eigenvalue weighted by Gasteiger charge is -2.06. The van der Waals surface area contributed by atoms with Gasteiger partial charge in [0.25, 0.3) is 0 Å². The van der Waals surface area contributed by atoms with Crippen LogP contribution >= 0.6 is 0 Å². The molecular formula is C12H14FN3. The van der Waals surface area contributed by atoms with Gasteiger partial charge in [0, 0.05) is 25.4 Å². The molecule has 2 aromatic rings. The Kier molecular flexibility index (Phi) is 2.90. The van der Waals surface area contributed by atoms with Gasteiger partial charge in [-0.2, -0.15) is 0 Å². The predicted octanol–water partition coefficient (Wildman–Crippen LogP) is 2.48. The number of aromatic nitrogens is 2. The van der Waals surface area contributed by atoms with Crippen molar-refractivity contribution in [2.45, 2.75) is 13.5 Å². The lowest BCUT2D eigenvalue weighted by molar-refractivity contribution is 0.612. The topological polar surface area (TPSA) is 29.9 Å². The minimum absolute atomic E-state index is 0.194. The molecule has 0 fully saturated rings. The van der Waals surface area contributed by atoms with Gasteiger partial charge >= 0.3 is 0 Å². The average Bonchev–Trinajstić information content (AvgIpc) is 2.56. The summed E-state index contributed by atoms with van der Waals surface area (Å²) in [6.07, 6.45) is 1.92. The molecule has 1 aromatic carbocycles. The Morgan fingerprint density at radius 3 is 2.75 bits per heavy atom. The molecule has 1 aromatic heterocycles. The first-order valence-corrected chi connectivity index (χ1v) is 5.14. The molecule has 0 aliphatic heterocycles. The van der Waals surface area contributed by atoms with Crippen molar-refractivity contribution in [1.82, 2.24) is 9.55 Å². The highest BCUT2D eigenvalue weighted by molar-refractivity contribution is 5.31. The van der Waals surface area contributed by atoms with Gasteiger partial charge in [0.15, 0.2) is 0 Å². The Bertz CT molecular complexity index is 491. The molecule has 4 heteroatoms. The normalized spacial score (nSPS) is 10.4. The average molecular weight is 219 g/mol. The molecule has 0 saturated carbocycles. The lowest BCUT2D eigenvalue weighted by Crippen LogP contribution is -2.05. The van der Waals surface area contributed by atoms with Crippen LogP contribution in [0.15, 0.2) is 30.5 Å². The zero-order valence-corrected chi connectivity index (χ0v) is 9.37. The van der Waals surface area contributed by atoms with Gasteiger partial charge in [-0.05, 0) is 13.0 Å². The van der Waals surface area contributed by atoms with Crippen molar-refractivity contribution < 1.29 is 4.39 Å². The fourth-order valence-electron chi connectivity index (χ4n) is 1.60. The fourth-order valence-corrected chi connectivity index (χ4v) is 1.60. The smallest absolute Gasteiger partial charge is 0.203 e. The molecule has 0 amide bonds. The monoisotopic (exact) mass is 219 g/mol. The predicted molar refractivity (Wildman–Crippen MR) is 61.7 cm³/mol. The van der Waals surface area contributed by atoms with E-state index in [-0.39, 0.29) is 5.82 Å². The molecule has 0 saturated heterocycles. The second-order valence-corrected chi connectivity index (χ2v) is 3.76. The van der Waals surface area contributed by atoms with Crippen LogP contribution in [0.4, 0.5) is 10.3 Å². The van der Waals surface area contributed by atoms with Gasteiger partial charge in [0.2, 0.25) is 5.95 Å². The third-order valence-corrected chi connectivity index (χ3v) is 2.39. The number of rotatable bonds is 3. The van der Waals surface area contributed by atoms with Gasteiger partial charge in [0.05, 0.1) is 5.69 Å². The van der Waals surface area contributed by atoms with E-state index < -0.39 is 0 Å². The van der Waals surface area contributed by atoms with Crippen LogP contribution in [0, 0.1) is 12.7 Å². The van der Waals surface area contributed by atoms with E-state index >= 15 is 0 Å². The number of aryl methyl sites for hydroxylation is 2. The standard InChI is InChI=1S/C12H14FN3/c1-9-8-16(2)12(15-9)14-7-10-5-3-4-6-11(10)13/h3-6,8H,7H2,1-2H3,(H,14,15). The Morgan fingerprint density at radius 2 is 2.12 bits per heavy atom.